The summed E-state index contributed by atoms with van der Waals surface area (Å²) in [4.78, 5) is -0.509. The summed E-state index contributed by atoms with van der Waals surface area (Å²) in [6, 6.07) is 2.12. The maximum Gasteiger partial charge on any atom is 0.301 e. The van der Waals surface area contributed by atoms with Crippen LogP contribution in [0.4, 0.5) is 0 Å². The first-order valence-electron chi connectivity index (χ1n) is 3.82. The number of hydrogen-bond donors (Lipinski definition) is 2. The molecule has 7 heteroatoms. The van der Waals surface area contributed by atoms with E-state index >= 15 is 0 Å². The number of rotatable bonds is 3. The van der Waals surface area contributed by atoms with Gasteiger partial charge in [-0.2, -0.15) is 8.42 Å². The zero-order chi connectivity index (χ0) is 11.6. The number of phenolic OH excluding ortho intramolecular Hbond substituents is 1. The lowest BCUT2D eigenvalue weighted by molar-refractivity contribution is 0.360. The van der Waals surface area contributed by atoms with E-state index in [9.17, 15) is 13.5 Å². The van der Waals surface area contributed by atoms with Gasteiger partial charge in [0.05, 0.1) is 14.2 Å². The van der Waals surface area contributed by atoms with Gasteiger partial charge < -0.3 is 14.6 Å². The van der Waals surface area contributed by atoms with Gasteiger partial charge in [0.25, 0.3) is 0 Å². The minimum atomic E-state index is -4.47. The zero-order valence-corrected chi connectivity index (χ0v) is 8.91. The van der Waals surface area contributed by atoms with Gasteiger partial charge in [0, 0.05) is 12.1 Å². The molecule has 0 aliphatic heterocycles. The Labute approximate surface area is 86.8 Å². The fourth-order valence-electron chi connectivity index (χ4n) is 1.12. The van der Waals surface area contributed by atoms with Gasteiger partial charge in [-0.3, -0.25) is 4.55 Å². The highest BCUT2D eigenvalue weighted by molar-refractivity contribution is 7.86. The van der Waals surface area contributed by atoms with Crippen molar-refractivity contribution in [3.63, 3.8) is 0 Å². The summed E-state index contributed by atoms with van der Waals surface area (Å²) < 4.78 is 40.4. The van der Waals surface area contributed by atoms with Crippen LogP contribution in [0.2, 0.25) is 0 Å². The molecule has 0 aliphatic carbocycles. The van der Waals surface area contributed by atoms with Crippen molar-refractivity contribution in [1.29, 1.82) is 0 Å². The topological polar surface area (TPSA) is 93.1 Å². The molecule has 0 unspecified atom stereocenters. The zero-order valence-electron chi connectivity index (χ0n) is 8.09. The molecule has 0 heterocycles. The fraction of sp³-hybridized carbons (Fsp3) is 0.250. The van der Waals surface area contributed by atoms with E-state index in [1.807, 2.05) is 0 Å². The summed E-state index contributed by atoms with van der Waals surface area (Å²) in [6.45, 7) is 0. The number of aromatic hydroxyl groups is 1. The molecule has 1 aromatic carbocycles. The molecule has 1 aromatic rings. The molecule has 0 bridgehead atoms. The number of benzene rings is 1. The number of ether oxygens (including phenoxy) is 2. The van der Waals surface area contributed by atoms with Crippen LogP contribution in [0.3, 0.4) is 0 Å². The second kappa shape index (κ2) is 3.95. The largest absolute Gasteiger partial charge is 0.508 e. The van der Waals surface area contributed by atoms with Crippen molar-refractivity contribution >= 4 is 10.1 Å². The Balaban J connectivity index is 3.59. The van der Waals surface area contributed by atoms with Gasteiger partial charge in [-0.15, -0.1) is 0 Å². The first kappa shape index (κ1) is 11.6. The molecule has 0 spiro atoms. The Kier molecular flexibility index (Phi) is 3.06. The highest BCUT2D eigenvalue weighted by Gasteiger charge is 2.23. The molecular weight excluding hydrogens is 224 g/mol. The summed E-state index contributed by atoms with van der Waals surface area (Å²) in [5, 5.41) is 9.21. The van der Waals surface area contributed by atoms with Crippen molar-refractivity contribution in [3.8, 4) is 17.2 Å². The third-order valence-corrected chi connectivity index (χ3v) is 2.62. The lowest BCUT2D eigenvalue weighted by Crippen LogP contribution is -2.04. The molecule has 0 aromatic heterocycles. The van der Waals surface area contributed by atoms with Gasteiger partial charge in [-0.25, -0.2) is 0 Å². The molecule has 0 atom stereocenters. The number of hydrogen-bond acceptors (Lipinski definition) is 5. The van der Waals surface area contributed by atoms with Gasteiger partial charge in [-0.1, -0.05) is 0 Å². The fourth-order valence-corrected chi connectivity index (χ4v) is 1.91. The van der Waals surface area contributed by atoms with E-state index < -0.39 is 15.0 Å². The van der Waals surface area contributed by atoms with E-state index in [4.69, 9.17) is 14.0 Å². The molecule has 0 saturated heterocycles. The number of methoxy groups -OCH3 is 2. The van der Waals surface area contributed by atoms with Crippen molar-refractivity contribution < 1.29 is 27.6 Å². The number of phenols is 1. The van der Waals surface area contributed by atoms with Crippen LogP contribution in [-0.4, -0.2) is 32.3 Å². The summed E-state index contributed by atoms with van der Waals surface area (Å²) in [7, 11) is -2.04. The maximum absolute atomic E-state index is 11.0. The van der Waals surface area contributed by atoms with Gasteiger partial charge in [0.2, 0.25) is 0 Å². The Bertz CT molecular complexity index is 439. The Morgan fingerprint density at radius 1 is 1.13 bits per heavy atom. The highest BCUT2D eigenvalue weighted by atomic mass is 32.2. The highest BCUT2D eigenvalue weighted by Crippen LogP contribution is 2.36. The van der Waals surface area contributed by atoms with Gasteiger partial charge >= 0.3 is 10.1 Å². The monoisotopic (exact) mass is 234 g/mol. The van der Waals surface area contributed by atoms with Gasteiger partial charge in [0.1, 0.15) is 17.2 Å². The quantitative estimate of drug-likeness (QED) is 0.746. The van der Waals surface area contributed by atoms with Gasteiger partial charge in [-0.05, 0) is 0 Å². The SMILES string of the molecule is COc1cc(O)cc(OC)c1S(=O)(=O)O. The predicted octanol–water partition coefficient (Wildman–Crippen LogP) is 0.656. The van der Waals surface area contributed by atoms with E-state index in [1.165, 1.54) is 14.2 Å². The Morgan fingerprint density at radius 2 is 1.53 bits per heavy atom. The Morgan fingerprint density at radius 3 is 1.80 bits per heavy atom. The molecule has 0 fully saturated rings. The normalized spacial score (nSPS) is 11.1. The molecular formula is C8H10O6S. The second-order valence-corrected chi connectivity index (χ2v) is 4.01. The molecule has 2 N–H and O–H groups in total. The molecule has 1 rings (SSSR count). The van der Waals surface area contributed by atoms with E-state index in [0.29, 0.717) is 0 Å². The van der Waals surface area contributed by atoms with E-state index in [-0.39, 0.29) is 17.2 Å². The molecule has 84 valence electrons. The average molecular weight is 234 g/mol. The first-order valence-corrected chi connectivity index (χ1v) is 5.26. The standard InChI is InChI=1S/C8H10O6S/c1-13-6-3-5(9)4-7(14-2)8(6)15(10,11)12/h3-4,9H,1-2H3,(H,10,11,12). The maximum atomic E-state index is 11.0. The molecule has 0 aliphatic rings. The lowest BCUT2D eigenvalue weighted by atomic mass is 10.3. The lowest BCUT2D eigenvalue weighted by Gasteiger charge is -2.10. The molecule has 0 saturated carbocycles. The van der Waals surface area contributed by atoms with E-state index in [1.54, 1.807) is 0 Å². The van der Waals surface area contributed by atoms with Gasteiger partial charge in [0.15, 0.2) is 4.90 Å². The van der Waals surface area contributed by atoms with Crippen LogP contribution in [0, 0.1) is 0 Å². The second-order valence-electron chi connectivity index (χ2n) is 2.65. The first-order chi connectivity index (χ1) is 6.90. The van der Waals surface area contributed by atoms with Crippen molar-refractivity contribution in [2.75, 3.05) is 14.2 Å². The average Bonchev–Trinajstić information content (AvgIpc) is 2.14. The molecule has 6 nitrogen and oxygen atoms in total. The minimum Gasteiger partial charge on any atom is -0.508 e. The van der Waals surface area contributed by atoms with Crippen molar-refractivity contribution in [1.82, 2.24) is 0 Å². The molecule has 0 amide bonds. The van der Waals surface area contributed by atoms with Crippen LogP contribution in [0.5, 0.6) is 17.2 Å². The molecule has 0 radical (unpaired) electrons. The van der Waals surface area contributed by atoms with Crippen molar-refractivity contribution in [3.05, 3.63) is 12.1 Å². The summed E-state index contributed by atoms with van der Waals surface area (Å²) >= 11 is 0. The van der Waals surface area contributed by atoms with Crippen LogP contribution in [0.25, 0.3) is 0 Å². The van der Waals surface area contributed by atoms with E-state index in [2.05, 4.69) is 0 Å². The van der Waals surface area contributed by atoms with Crippen LogP contribution in [-0.2, 0) is 10.1 Å². The third kappa shape index (κ3) is 2.31. The molecule has 15 heavy (non-hydrogen) atoms. The van der Waals surface area contributed by atoms with Crippen LogP contribution in [0.1, 0.15) is 0 Å². The third-order valence-electron chi connectivity index (χ3n) is 1.70. The summed E-state index contributed by atoms with van der Waals surface area (Å²) in [5.74, 6) is -0.597. The van der Waals surface area contributed by atoms with Crippen molar-refractivity contribution in [2.24, 2.45) is 0 Å². The van der Waals surface area contributed by atoms with Crippen LogP contribution >= 0.6 is 0 Å². The Hall–Kier alpha value is -1.47. The minimum absolute atomic E-state index is 0.186. The van der Waals surface area contributed by atoms with E-state index in [0.717, 1.165) is 12.1 Å². The predicted molar refractivity (Wildman–Crippen MR) is 51.0 cm³/mol. The smallest absolute Gasteiger partial charge is 0.301 e. The van der Waals surface area contributed by atoms with Crippen molar-refractivity contribution in [2.45, 2.75) is 4.90 Å². The summed E-state index contributed by atoms with van der Waals surface area (Å²) in [5.41, 5.74) is 0. The summed E-state index contributed by atoms with van der Waals surface area (Å²) in [6.07, 6.45) is 0. The van der Waals surface area contributed by atoms with Crippen LogP contribution < -0.4 is 9.47 Å². The van der Waals surface area contributed by atoms with Crippen LogP contribution in [0.15, 0.2) is 17.0 Å².